The van der Waals surface area contributed by atoms with Crippen molar-refractivity contribution in [2.24, 2.45) is 0 Å². The summed E-state index contributed by atoms with van der Waals surface area (Å²) in [5, 5.41) is 5.80. The lowest BCUT2D eigenvalue weighted by atomic mass is 10.1. The van der Waals surface area contributed by atoms with E-state index in [1.807, 2.05) is 11.3 Å². The van der Waals surface area contributed by atoms with E-state index in [0.29, 0.717) is 6.04 Å². The van der Waals surface area contributed by atoms with Gasteiger partial charge in [0, 0.05) is 36.2 Å². The second-order valence-electron chi connectivity index (χ2n) is 5.76. The number of thiophene rings is 1. The highest BCUT2D eigenvalue weighted by Gasteiger charge is 2.14. The molecule has 0 saturated heterocycles. The van der Waals surface area contributed by atoms with E-state index in [0.717, 1.165) is 13.1 Å². The number of aryl methyl sites for hydroxylation is 1. The Bertz CT molecular complexity index is 550. The van der Waals surface area contributed by atoms with Crippen LogP contribution >= 0.6 is 11.3 Å². The van der Waals surface area contributed by atoms with Gasteiger partial charge < -0.3 is 10.2 Å². The van der Waals surface area contributed by atoms with Gasteiger partial charge in [0.05, 0.1) is 0 Å². The van der Waals surface area contributed by atoms with Gasteiger partial charge in [-0.3, -0.25) is 0 Å². The molecule has 1 aliphatic rings. The number of para-hydroxylation sites is 1. The first-order chi connectivity index (χ1) is 10.3. The van der Waals surface area contributed by atoms with Gasteiger partial charge in [0.2, 0.25) is 0 Å². The largest absolute Gasteiger partial charge is 0.370 e. The number of benzene rings is 1. The van der Waals surface area contributed by atoms with E-state index < -0.39 is 0 Å². The van der Waals surface area contributed by atoms with Gasteiger partial charge in [-0.15, -0.1) is 11.3 Å². The molecule has 1 aromatic heterocycles. The molecule has 3 rings (SSSR count). The summed E-state index contributed by atoms with van der Waals surface area (Å²) in [5.74, 6) is 0. The van der Waals surface area contributed by atoms with Crippen molar-refractivity contribution in [3.63, 3.8) is 0 Å². The van der Waals surface area contributed by atoms with Gasteiger partial charge in [0.25, 0.3) is 0 Å². The van der Waals surface area contributed by atoms with Crippen LogP contribution < -0.4 is 10.2 Å². The van der Waals surface area contributed by atoms with Gasteiger partial charge in [-0.1, -0.05) is 24.3 Å². The Morgan fingerprint density at radius 3 is 2.95 bits per heavy atom. The van der Waals surface area contributed by atoms with Crippen LogP contribution in [0.5, 0.6) is 0 Å². The zero-order chi connectivity index (χ0) is 14.5. The van der Waals surface area contributed by atoms with Crippen LogP contribution in [0, 0.1) is 0 Å². The molecule has 0 bridgehead atoms. The highest BCUT2D eigenvalue weighted by Crippen LogP contribution is 2.25. The summed E-state index contributed by atoms with van der Waals surface area (Å²) in [5.41, 5.74) is 2.96. The molecular weight excluding hydrogens is 276 g/mol. The summed E-state index contributed by atoms with van der Waals surface area (Å²) >= 11 is 1.83. The summed E-state index contributed by atoms with van der Waals surface area (Å²) in [6.07, 6.45) is 3.84. The third-order valence-electron chi connectivity index (χ3n) is 4.26. The lowest BCUT2D eigenvalue weighted by molar-refractivity contribution is 0.573. The van der Waals surface area contributed by atoms with Crippen molar-refractivity contribution in [3.8, 4) is 0 Å². The average Bonchev–Trinajstić information content (AvgIpc) is 2.97. The van der Waals surface area contributed by atoms with E-state index in [9.17, 15) is 0 Å². The Kier molecular flexibility index (Phi) is 4.94. The molecule has 21 heavy (non-hydrogen) atoms. The molecule has 0 aliphatic carbocycles. The van der Waals surface area contributed by atoms with E-state index in [1.54, 1.807) is 0 Å². The van der Waals surface area contributed by atoms with Crippen LogP contribution in [0.15, 0.2) is 41.8 Å². The highest BCUT2D eigenvalue weighted by molar-refractivity contribution is 7.10. The molecule has 1 unspecified atom stereocenters. The second kappa shape index (κ2) is 7.10. The Balaban J connectivity index is 1.58. The third kappa shape index (κ3) is 3.66. The first-order valence-corrected chi connectivity index (χ1v) is 8.82. The zero-order valence-corrected chi connectivity index (χ0v) is 13.5. The average molecular weight is 300 g/mol. The van der Waals surface area contributed by atoms with Crippen LogP contribution in [0.3, 0.4) is 0 Å². The molecule has 3 heteroatoms. The van der Waals surface area contributed by atoms with Crippen LogP contribution in [0.4, 0.5) is 5.69 Å². The molecule has 0 saturated carbocycles. The van der Waals surface area contributed by atoms with Crippen LogP contribution in [0.25, 0.3) is 0 Å². The Morgan fingerprint density at radius 2 is 2.10 bits per heavy atom. The molecule has 1 aromatic carbocycles. The van der Waals surface area contributed by atoms with E-state index in [2.05, 4.69) is 58.9 Å². The fraction of sp³-hybridized carbons (Fsp3) is 0.444. The lowest BCUT2D eigenvalue weighted by Gasteiger charge is -2.26. The van der Waals surface area contributed by atoms with Crippen molar-refractivity contribution in [1.29, 1.82) is 0 Å². The van der Waals surface area contributed by atoms with Gasteiger partial charge in [-0.25, -0.2) is 0 Å². The van der Waals surface area contributed by atoms with Crippen molar-refractivity contribution >= 4 is 17.0 Å². The number of rotatable bonds is 5. The minimum absolute atomic E-state index is 0.451. The van der Waals surface area contributed by atoms with Crippen LogP contribution in [0.1, 0.15) is 36.2 Å². The lowest BCUT2D eigenvalue weighted by Crippen LogP contribution is -2.33. The van der Waals surface area contributed by atoms with Crippen molar-refractivity contribution in [2.75, 3.05) is 24.5 Å². The van der Waals surface area contributed by atoms with Gasteiger partial charge >= 0.3 is 0 Å². The van der Waals surface area contributed by atoms with E-state index in [-0.39, 0.29) is 0 Å². The quantitative estimate of drug-likeness (QED) is 0.888. The summed E-state index contributed by atoms with van der Waals surface area (Å²) in [6, 6.07) is 13.7. The molecule has 1 N–H and O–H groups in total. The first kappa shape index (κ1) is 14.6. The summed E-state index contributed by atoms with van der Waals surface area (Å²) in [7, 11) is 0. The van der Waals surface area contributed by atoms with Gasteiger partial charge in [0.1, 0.15) is 0 Å². The normalized spacial score (nSPS) is 16.3. The molecule has 2 aromatic rings. The molecule has 2 nitrogen and oxygen atoms in total. The number of fused-ring (bicyclic) bond motifs is 1. The molecule has 0 radical (unpaired) electrons. The van der Waals surface area contributed by atoms with Crippen molar-refractivity contribution in [1.82, 2.24) is 5.32 Å². The van der Waals surface area contributed by atoms with Gasteiger partial charge in [0.15, 0.2) is 0 Å². The van der Waals surface area contributed by atoms with E-state index in [4.69, 9.17) is 0 Å². The fourth-order valence-corrected chi connectivity index (χ4v) is 3.81. The Morgan fingerprint density at radius 1 is 1.19 bits per heavy atom. The van der Waals surface area contributed by atoms with Crippen LogP contribution in [-0.2, 0) is 6.42 Å². The van der Waals surface area contributed by atoms with Crippen molar-refractivity contribution < 1.29 is 0 Å². The maximum Gasteiger partial charge on any atom is 0.0399 e. The minimum Gasteiger partial charge on any atom is -0.370 e. The van der Waals surface area contributed by atoms with Gasteiger partial charge in [-0.05, 0) is 49.3 Å². The predicted molar refractivity (Wildman–Crippen MR) is 92.3 cm³/mol. The second-order valence-corrected chi connectivity index (χ2v) is 6.74. The van der Waals surface area contributed by atoms with Crippen molar-refractivity contribution in [3.05, 3.63) is 52.2 Å². The van der Waals surface area contributed by atoms with E-state index >= 15 is 0 Å². The standard InChI is InChI=1S/C18H24N2S/c1-15(18-10-6-14-21-18)19-11-13-20-12-5-4-8-16-7-2-3-9-17(16)20/h2-3,6-7,9-10,14-15,19H,4-5,8,11-13H2,1H3. The monoisotopic (exact) mass is 300 g/mol. The SMILES string of the molecule is CC(NCCN1CCCCc2ccccc21)c1cccs1. The molecule has 0 amide bonds. The van der Waals surface area contributed by atoms with Crippen LogP contribution in [-0.4, -0.2) is 19.6 Å². The van der Waals surface area contributed by atoms with Crippen molar-refractivity contribution in [2.45, 2.75) is 32.2 Å². The molecule has 112 valence electrons. The molecule has 0 fully saturated rings. The number of nitrogens with one attached hydrogen (secondary N) is 1. The van der Waals surface area contributed by atoms with Gasteiger partial charge in [-0.2, -0.15) is 0 Å². The number of hydrogen-bond donors (Lipinski definition) is 1. The van der Waals surface area contributed by atoms with Crippen LogP contribution in [0.2, 0.25) is 0 Å². The Labute approximate surface area is 131 Å². The molecule has 0 spiro atoms. The fourth-order valence-electron chi connectivity index (χ4n) is 3.06. The first-order valence-electron chi connectivity index (χ1n) is 7.94. The predicted octanol–water partition coefficient (Wildman–Crippen LogP) is 4.24. The zero-order valence-electron chi connectivity index (χ0n) is 12.7. The summed E-state index contributed by atoms with van der Waals surface area (Å²) < 4.78 is 0. The molecule has 1 atom stereocenters. The number of hydrogen-bond acceptors (Lipinski definition) is 3. The third-order valence-corrected chi connectivity index (χ3v) is 5.31. The van der Waals surface area contributed by atoms with E-state index in [1.165, 1.54) is 41.9 Å². The Hall–Kier alpha value is -1.32. The minimum atomic E-state index is 0.451. The topological polar surface area (TPSA) is 15.3 Å². The maximum atomic E-state index is 3.65. The molecular formula is C18H24N2S. The molecule has 1 aliphatic heterocycles. The maximum absolute atomic E-state index is 3.65. The number of anilines is 1. The summed E-state index contributed by atoms with van der Waals surface area (Å²) in [4.78, 5) is 3.97. The highest BCUT2D eigenvalue weighted by atomic mass is 32.1. The number of nitrogens with zero attached hydrogens (tertiary/aromatic N) is 1. The summed E-state index contributed by atoms with van der Waals surface area (Å²) in [6.45, 7) is 5.56. The smallest absolute Gasteiger partial charge is 0.0399 e. The molecule has 2 heterocycles.